The highest BCUT2D eigenvalue weighted by Gasteiger charge is 2.29. The zero-order valence-electron chi connectivity index (χ0n) is 11.6. The summed E-state index contributed by atoms with van der Waals surface area (Å²) in [5, 5.41) is 3.67. The number of fused-ring (bicyclic) bond motifs is 1. The van der Waals surface area contributed by atoms with Gasteiger partial charge in [-0.05, 0) is 30.5 Å². The van der Waals surface area contributed by atoms with E-state index in [9.17, 15) is 8.42 Å². The van der Waals surface area contributed by atoms with Gasteiger partial charge in [0.1, 0.15) is 0 Å². The van der Waals surface area contributed by atoms with Crippen LogP contribution < -0.4 is 5.32 Å². The van der Waals surface area contributed by atoms with E-state index in [1.54, 1.807) is 16.4 Å². The third-order valence-corrected chi connectivity index (χ3v) is 6.86. The van der Waals surface area contributed by atoms with Crippen molar-refractivity contribution in [2.24, 2.45) is 0 Å². The minimum absolute atomic E-state index is 0.370. The van der Waals surface area contributed by atoms with E-state index in [2.05, 4.69) is 12.2 Å². The summed E-state index contributed by atoms with van der Waals surface area (Å²) in [6.45, 7) is 4.23. The van der Waals surface area contributed by atoms with Gasteiger partial charge in [0, 0.05) is 36.3 Å². The van der Waals surface area contributed by atoms with Crippen LogP contribution in [0.1, 0.15) is 18.9 Å². The minimum atomic E-state index is -3.35. The maximum Gasteiger partial charge on any atom is 0.243 e. The SMILES string of the molecule is CC1CN(S(=O)(=O)c2ccc3c(c2)NCCC3)CCS1. The third-order valence-electron chi connectivity index (χ3n) is 3.86. The number of rotatable bonds is 2. The van der Waals surface area contributed by atoms with Gasteiger partial charge in [-0.15, -0.1) is 0 Å². The molecule has 1 fully saturated rings. The monoisotopic (exact) mass is 312 g/mol. The second kappa shape index (κ2) is 5.58. The Kier molecular flexibility index (Phi) is 3.97. The maximum atomic E-state index is 12.7. The topological polar surface area (TPSA) is 49.4 Å². The van der Waals surface area contributed by atoms with Crippen molar-refractivity contribution < 1.29 is 8.42 Å². The quantitative estimate of drug-likeness (QED) is 0.909. The Morgan fingerprint density at radius 3 is 3.05 bits per heavy atom. The fourth-order valence-electron chi connectivity index (χ4n) is 2.75. The summed E-state index contributed by atoms with van der Waals surface area (Å²) >= 11 is 1.84. The first kappa shape index (κ1) is 14.2. The molecule has 2 aliphatic heterocycles. The molecule has 1 aromatic carbocycles. The molecule has 6 heteroatoms. The molecule has 20 heavy (non-hydrogen) atoms. The van der Waals surface area contributed by atoms with E-state index < -0.39 is 10.0 Å². The van der Waals surface area contributed by atoms with E-state index in [0.717, 1.165) is 30.8 Å². The molecule has 2 aliphatic rings. The van der Waals surface area contributed by atoms with Crippen molar-refractivity contribution in [3.8, 4) is 0 Å². The first-order valence-electron chi connectivity index (χ1n) is 7.06. The number of aryl methyl sites for hydroxylation is 1. The number of sulfonamides is 1. The van der Waals surface area contributed by atoms with Gasteiger partial charge in [-0.1, -0.05) is 13.0 Å². The molecule has 0 spiro atoms. The van der Waals surface area contributed by atoms with Crippen LogP contribution in [0.2, 0.25) is 0 Å². The molecule has 0 aliphatic carbocycles. The van der Waals surface area contributed by atoms with Crippen molar-refractivity contribution >= 4 is 27.5 Å². The van der Waals surface area contributed by atoms with Crippen LogP contribution in [0.5, 0.6) is 0 Å². The largest absolute Gasteiger partial charge is 0.385 e. The normalized spacial score (nSPS) is 23.9. The molecule has 0 saturated carbocycles. The van der Waals surface area contributed by atoms with Crippen LogP contribution in [0, 0.1) is 0 Å². The predicted molar refractivity (Wildman–Crippen MR) is 83.9 cm³/mol. The number of anilines is 1. The van der Waals surface area contributed by atoms with Crippen molar-refractivity contribution in [2.45, 2.75) is 29.9 Å². The average Bonchev–Trinajstić information content (AvgIpc) is 2.46. The molecular weight excluding hydrogens is 292 g/mol. The average molecular weight is 312 g/mol. The molecule has 3 rings (SSSR count). The Bertz CT molecular complexity index is 601. The van der Waals surface area contributed by atoms with Crippen molar-refractivity contribution in [2.75, 3.05) is 30.7 Å². The van der Waals surface area contributed by atoms with Gasteiger partial charge in [-0.2, -0.15) is 16.1 Å². The molecule has 1 unspecified atom stereocenters. The highest BCUT2D eigenvalue weighted by Crippen LogP contribution is 2.29. The van der Waals surface area contributed by atoms with Crippen molar-refractivity contribution in [1.82, 2.24) is 4.31 Å². The standard InChI is InChI=1S/C14H20N2O2S2/c1-11-10-16(7-8-19-11)20(17,18)13-5-4-12-3-2-6-15-14(12)9-13/h4-5,9,11,15H,2-3,6-8,10H2,1H3. The van der Waals surface area contributed by atoms with Crippen LogP contribution in [-0.2, 0) is 16.4 Å². The second-order valence-corrected chi connectivity index (χ2v) is 8.88. The van der Waals surface area contributed by atoms with Gasteiger partial charge in [0.2, 0.25) is 10.0 Å². The van der Waals surface area contributed by atoms with Crippen LogP contribution >= 0.6 is 11.8 Å². The van der Waals surface area contributed by atoms with Gasteiger partial charge < -0.3 is 5.32 Å². The van der Waals surface area contributed by atoms with E-state index in [4.69, 9.17) is 0 Å². The second-order valence-electron chi connectivity index (χ2n) is 5.39. The Labute approximate surface area is 125 Å². The van der Waals surface area contributed by atoms with Crippen molar-refractivity contribution in [3.63, 3.8) is 0 Å². The van der Waals surface area contributed by atoms with Crippen molar-refractivity contribution in [3.05, 3.63) is 23.8 Å². The Morgan fingerprint density at radius 1 is 1.40 bits per heavy atom. The van der Waals surface area contributed by atoms with Crippen LogP contribution in [0.25, 0.3) is 0 Å². The first-order chi connectivity index (χ1) is 9.57. The van der Waals surface area contributed by atoms with E-state index in [1.165, 1.54) is 5.56 Å². The summed E-state index contributed by atoms with van der Waals surface area (Å²) in [4.78, 5) is 0.421. The molecule has 0 amide bonds. The zero-order chi connectivity index (χ0) is 14.2. The van der Waals surface area contributed by atoms with Crippen LogP contribution in [0.15, 0.2) is 23.1 Å². The maximum absolute atomic E-state index is 12.7. The summed E-state index contributed by atoms with van der Waals surface area (Å²) in [5.41, 5.74) is 2.20. The lowest BCUT2D eigenvalue weighted by Crippen LogP contribution is -2.40. The fraction of sp³-hybridized carbons (Fsp3) is 0.571. The summed E-state index contributed by atoms with van der Waals surface area (Å²) in [6.07, 6.45) is 2.14. The Morgan fingerprint density at radius 2 is 2.25 bits per heavy atom. The van der Waals surface area contributed by atoms with E-state index >= 15 is 0 Å². The van der Waals surface area contributed by atoms with Crippen molar-refractivity contribution in [1.29, 1.82) is 0 Å². The first-order valence-corrected chi connectivity index (χ1v) is 9.55. The molecule has 2 heterocycles. The molecule has 0 bridgehead atoms. The number of nitrogens with zero attached hydrogens (tertiary/aromatic N) is 1. The lowest BCUT2D eigenvalue weighted by molar-refractivity contribution is 0.424. The van der Waals surface area contributed by atoms with Gasteiger partial charge in [0.15, 0.2) is 0 Å². The van der Waals surface area contributed by atoms with E-state index in [0.29, 0.717) is 23.2 Å². The van der Waals surface area contributed by atoms with Gasteiger partial charge in [0.25, 0.3) is 0 Å². The predicted octanol–water partition coefficient (Wildman–Crippen LogP) is 2.17. The molecule has 1 saturated heterocycles. The summed E-state index contributed by atoms with van der Waals surface area (Å²) in [6, 6.07) is 5.51. The fourth-order valence-corrected chi connectivity index (χ4v) is 5.53. The van der Waals surface area contributed by atoms with E-state index in [1.807, 2.05) is 17.8 Å². The van der Waals surface area contributed by atoms with Crippen LogP contribution in [-0.4, -0.2) is 43.4 Å². The molecule has 1 atom stereocenters. The van der Waals surface area contributed by atoms with Gasteiger partial charge in [-0.3, -0.25) is 0 Å². The zero-order valence-corrected chi connectivity index (χ0v) is 13.3. The molecule has 110 valence electrons. The van der Waals surface area contributed by atoms with Gasteiger partial charge >= 0.3 is 0 Å². The highest BCUT2D eigenvalue weighted by atomic mass is 32.2. The van der Waals surface area contributed by atoms with Crippen LogP contribution in [0.4, 0.5) is 5.69 Å². The van der Waals surface area contributed by atoms with Gasteiger partial charge in [0.05, 0.1) is 4.90 Å². The summed E-state index contributed by atoms with van der Waals surface area (Å²) < 4.78 is 27.0. The summed E-state index contributed by atoms with van der Waals surface area (Å²) in [7, 11) is -3.35. The Hall–Kier alpha value is -0.720. The number of thioether (sulfide) groups is 1. The smallest absolute Gasteiger partial charge is 0.243 e. The van der Waals surface area contributed by atoms with E-state index in [-0.39, 0.29) is 0 Å². The highest BCUT2D eigenvalue weighted by molar-refractivity contribution is 8.00. The molecule has 4 nitrogen and oxygen atoms in total. The molecule has 1 N–H and O–H groups in total. The molecular formula is C14H20N2O2S2. The number of hydrogen-bond donors (Lipinski definition) is 1. The number of nitrogens with one attached hydrogen (secondary N) is 1. The Balaban J connectivity index is 1.90. The van der Waals surface area contributed by atoms with Crippen LogP contribution in [0.3, 0.4) is 0 Å². The molecule has 0 aromatic heterocycles. The lowest BCUT2D eigenvalue weighted by Gasteiger charge is -2.30. The van der Waals surface area contributed by atoms with Gasteiger partial charge in [-0.25, -0.2) is 8.42 Å². The summed E-state index contributed by atoms with van der Waals surface area (Å²) in [5.74, 6) is 0.879. The number of hydrogen-bond acceptors (Lipinski definition) is 4. The number of benzene rings is 1. The third kappa shape index (κ3) is 2.69. The lowest BCUT2D eigenvalue weighted by atomic mass is 10.0. The minimum Gasteiger partial charge on any atom is -0.385 e. The molecule has 1 aromatic rings. The molecule has 0 radical (unpaired) electrons.